The van der Waals surface area contributed by atoms with Gasteiger partial charge in [-0.05, 0) is 98.4 Å². The number of H-pyrrole nitrogens is 1. The van der Waals surface area contributed by atoms with Crippen LogP contribution in [-0.4, -0.2) is 145 Å². The van der Waals surface area contributed by atoms with Gasteiger partial charge >= 0.3 is 17.9 Å². The molecule has 0 atom stereocenters. The molecule has 31 heteroatoms. The number of nitrogens with one attached hydrogen (secondary N) is 6. The number of aromatic hydroxyl groups is 8. The summed E-state index contributed by atoms with van der Waals surface area (Å²) in [5, 5.41) is 104. The molecule has 0 aliphatic heterocycles. The maximum atomic E-state index is 12.0. The van der Waals surface area contributed by atoms with Gasteiger partial charge in [-0.3, -0.25) is 49.3 Å². The zero-order valence-corrected chi connectivity index (χ0v) is 44.4. The average molecular weight is 1170 g/mol. The third kappa shape index (κ3) is 25.8. The Morgan fingerprint density at radius 2 is 0.976 bits per heavy atom. The molecule has 3 heterocycles. The number of carbonyl (C=O) groups excluding carboxylic acids is 6. The van der Waals surface area contributed by atoms with E-state index in [-0.39, 0.29) is 101 Å². The summed E-state index contributed by atoms with van der Waals surface area (Å²) in [5.41, 5.74) is 3.09. The number of carboxylic acids is 1. The Hall–Kier alpha value is -11.3. The SMILES string of the molecule is CCOC(=O)CNC(=O)c1ccc(O)cc1O.CCOC(=O)CNCl.N#Cc1ccncc1.NNC(=O)CNC(=O)c1ccc(O)cc1O.O=C(NCc1nc(-c2ccncc2)n[nH]1)c1ccc(O)cc1O.O=C(O)c1ccc(O)cc1O. The molecule has 7 rings (SSSR count). The highest BCUT2D eigenvalue weighted by Crippen LogP contribution is 2.25. The summed E-state index contributed by atoms with van der Waals surface area (Å²) < 4.78 is 9.12. The Morgan fingerprint density at radius 1 is 0.578 bits per heavy atom. The topological polar surface area (TPSA) is 497 Å². The van der Waals surface area contributed by atoms with Crippen molar-refractivity contribution in [2.45, 2.75) is 20.4 Å². The lowest BCUT2D eigenvalue weighted by Gasteiger charge is -2.06. The molecule has 17 N–H and O–H groups in total. The van der Waals surface area contributed by atoms with Crippen molar-refractivity contribution < 1.29 is 89.0 Å². The van der Waals surface area contributed by atoms with Crippen LogP contribution in [-0.2, 0) is 30.4 Å². The van der Waals surface area contributed by atoms with Crippen molar-refractivity contribution in [3.05, 3.63) is 155 Å². The lowest BCUT2D eigenvalue weighted by atomic mass is 10.2. The number of phenolic OH excluding ortho intramolecular Hbond substituents is 7. The largest absolute Gasteiger partial charge is 0.508 e. The molecule has 0 aliphatic carbocycles. The number of hydrogen-bond donors (Lipinski definition) is 16. The summed E-state index contributed by atoms with van der Waals surface area (Å²) in [4.78, 5) is 91.3. The number of nitrogens with zero attached hydrogens (tertiary/aromatic N) is 5. The van der Waals surface area contributed by atoms with E-state index in [0.29, 0.717) is 23.8 Å². The van der Waals surface area contributed by atoms with Gasteiger partial charge in [0.15, 0.2) is 5.82 Å². The van der Waals surface area contributed by atoms with Gasteiger partial charge in [0.1, 0.15) is 70.5 Å². The number of amides is 4. The van der Waals surface area contributed by atoms with Crippen LogP contribution in [0.15, 0.2) is 122 Å². The summed E-state index contributed by atoms with van der Waals surface area (Å²) in [5.74, 6) is -0.646. The van der Waals surface area contributed by atoms with Crippen molar-refractivity contribution in [1.29, 1.82) is 5.26 Å². The Morgan fingerprint density at radius 3 is 1.35 bits per heavy atom. The third-order valence-corrected chi connectivity index (χ3v) is 9.50. The van der Waals surface area contributed by atoms with Gasteiger partial charge in [-0.25, -0.2) is 20.5 Å². The molecule has 83 heavy (non-hydrogen) atoms. The number of benzene rings is 4. The first kappa shape index (κ1) is 67.8. The van der Waals surface area contributed by atoms with Crippen LogP contribution in [0.4, 0.5) is 0 Å². The number of nitrogens with two attached hydrogens (primary N) is 1. The van der Waals surface area contributed by atoms with E-state index in [1.165, 1.54) is 42.5 Å². The molecule has 0 saturated carbocycles. The first-order valence-electron chi connectivity index (χ1n) is 23.5. The van der Waals surface area contributed by atoms with Crippen molar-refractivity contribution in [3.8, 4) is 63.5 Å². The number of halogens is 1. The maximum absolute atomic E-state index is 12.0. The molecule has 30 nitrogen and oxygen atoms in total. The minimum atomic E-state index is -1.22. The second-order valence-electron chi connectivity index (χ2n) is 15.3. The fourth-order valence-corrected chi connectivity index (χ4v) is 5.67. The standard InChI is InChI=1S/C15H13N5O3.C11H13NO5.C9H11N3O4.C7H6O4.C6H4N2.C4H8ClNO2/c21-10-1-2-11(12(22)7-10)15(23)17-8-13-18-14(20-19-13)9-3-5-16-6-4-9;1-2-17-10(15)6-12-11(16)8-4-3-7(13)5-9(8)14;10-12-8(15)4-11-9(16)6-2-1-5(13)3-7(6)14;8-4-1-2-5(7(10)11)6(9)3-4;7-5-6-1-3-8-4-2-6;1-2-8-4(7)3-6-5/h1-7,21-22H,8H2,(H,17,23)(H,18,19,20);3-5,13-14H,2,6H2,1H3,(H,12,16);1-3,13-14H,4,10H2,(H,11,16)(H,12,15);1-3,8-9H,(H,10,11);1-4H;6H,2-3H2,1H3. The minimum Gasteiger partial charge on any atom is -0.508 e. The molecule has 4 aromatic carbocycles. The van der Waals surface area contributed by atoms with Crippen LogP contribution in [0.25, 0.3) is 11.4 Å². The van der Waals surface area contributed by atoms with E-state index in [2.05, 4.69) is 55.4 Å². The molecule has 0 aliphatic rings. The Kier molecular flexibility index (Phi) is 30.0. The number of aromatic nitrogens is 5. The highest BCUT2D eigenvalue weighted by molar-refractivity contribution is 6.14. The second-order valence-corrected chi connectivity index (χ2v) is 15.6. The van der Waals surface area contributed by atoms with Crippen LogP contribution in [0.5, 0.6) is 46.0 Å². The van der Waals surface area contributed by atoms with E-state index in [1.54, 1.807) is 62.9 Å². The van der Waals surface area contributed by atoms with Gasteiger partial charge in [0.25, 0.3) is 23.6 Å². The van der Waals surface area contributed by atoms with Crippen LogP contribution < -0.4 is 32.1 Å². The normalized spacial score (nSPS) is 9.58. The molecular weight excluding hydrogens is 1120 g/mol. The highest BCUT2D eigenvalue weighted by Gasteiger charge is 2.16. The van der Waals surface area contributed by atoms with E-state index in [1.807, 2.05) is 11.5 Å². The minimum absolute atomic E-state index is 0.0212. The molecular formula is C52H55ClN12O18. The fraction of sp³-hybridized carbons (Fsp3) is 0.154. The lowest BCUT2D eigenvalue weighted by molar-refractivity contribution is -0.142. The van der Waals surface area contributed by atoms with Crippen LogP contribution >= 0.6 is 11.8 Å². The quantitative estimate of drug-likeness (QED) is 0.0230. The molecule has 0 saturated heterocycles. The van der Waals surface area contributed by atoms with Gasteiger partial charge in [0.05, 0.1) is 54.6 Å². The Labute approximate surface area is 475 Å². The number of carboxylic acid groups (broad SMARTS) is 1. The number of phenols is 8. The van der Waals surface area contributed by atoms with Crippen molar-refractivity contribution in [2.75, 3.05) is 32.8 Å². The molecule has 0 spiro atoms. The first-order valence-corrected chi connectivity index (χ1v) is 23.9. The average Bonchev–Trinajstić information content (AvgIpc) is 3.96. The molecule has 0 fully saturated rings. The molecule has 7 aromatic rings. The summed E-state index contributed by atoms with van der Waals surface area (Å²) in [6.45, 7) is 3.66. The van der Waals surface area contributed by atoms with Crippen molar-refractivity contribution >= 4 is 53.3 Å². The number of ether oxygens (including phenoxy) is 2. The van der Waals surface area contributed by atoms with Gasteiger partial charge in [-0.2, -0.15) is 10.4 Å². The van der Waals surface area contributed by atoms with Gasteiger partial charge in [0.2, 0.25) is 0 Å². The predicted octanol–water partition coefficient (Wildman–Crippen LogP) is 2.46. The number of nitriles is 1. The second kappa shape index (κ2) is 36.7. The highest BCUT2D eigenvalue weighted by atomic mass is 35.5. The van der Waals surface area contributed by atoms with Gasteiger partial charge in [0, 0.05) is 54.6 Å². The zero-order valence-electron chi connectivity index (χ0n) is 43.7. The zero-order chi connectivity index (χ0) is 61.9. The monoisotopic (exact) mass is 1170 g/mol. The molecule has 0 radical (unpaired) electrons. The number of pyridine rings is 2. The number of rotatable bonds is 15. The van der Waals surface area contributed by atoms with Gasteiger partial charge in [-0.15, -0.1) is 0 Å². The third-order valence-electron chi connectivity index (χ3n) is 9.37. The predicted molar refractivity (Wildman–Crippen MR) is 290 cm³/mol. The number of aromatic amines is 1. The number of hydrogen-bond acceptors (Lipinski definition) is 24. The van der Waals surface area contributed by atoms with Crippen molar-refractivity contribution in [1.82, 2.24) is 51.4 Å². The molecule has 0 unspecified atom stereocenters. The number of hydrazine groups is 1. The summed E-state index contributed by atoms with van der Waals surface area (Å²) >= 11 is 4.98. The summed E-state index contributed by atoms with van der Waals surface area (Å²) in [6.07, 6.45) is 6.47. The van der Waals surface area contributed by atoms with Gasteiger partial charge < -0.3 is 71.4 Å². The van der Waals surface area contributed by atoms with Crippen LogP contribution in [0.1, 0.15) is 66.7 Å². The number of carbonyl (C=O) groups is 7. The van der Waals surface area contributed by atoms with Crippen LogP contribution in [0, 0.1) is 11.3 Å². The summed E-state index contributed by atoms with van der Waals surface area (Å²) in [7, 11) is 0. The Bertz CT molecular complexity index is 3290. The van der Waals surface area contributed by atoms with E-state index < -0.39 is 41.3 Å². The van der Waals surface area contributed by atoms with Crippen molar-refractivity contribution in [3.63, 3.8) is 0 Å². The van der Waals surface area contributed by atoms with E-state index in [9.17, 15) is 54.0 Å². The summed E-state index contributed by atoms with van der Waals surface area (Å²) in [6, 6.07) is 23.0. The van der Waals surface area contributed by atoms with Gasteiger partial charge in [-0.1, -0.05) is 0 Å². The van der Waals surface area contributed by atoms with Crippen LogP contribution in [0.3, 0.4) is 0 Å². The molecule has 4 amide bonds. The number of aromatic carboxylic acids is 1. The fourth-order valence-electron chi connectivity index (χ4n) is 5.56. The molecule has 3 aromatic heterocycles. The molecule has 0 bridgehead atoms. The van der Waals surface area contributed by atoms with E-state index in [4.69, 9.17) is 48.4 Å². The smallest absolute Gasteiger partial charge is 0.339 e. The molecule has 438 valence electrons. The first-order chi connectivity index (χ1) is 39.6. The lowest BCUT2D eigenvalue weighted by Crippen LogP contribution is -2.40. The number of esters is 2. The van der Waals surface area contributed by atoms with Crippen LogP contribution in [0.2, 0.25) is 0 Å². The van der Waals surface area contributed by atoms with E-state index >= 15 is 0 Å². The Balaban J connectivity index is 0.000000354. The maximum Gasteiger partial charge on any atom is 0.339 e. The van der Waals surface area contributed by atoms with E-state index in [0.717, 1.165) is 35.9 Å². The van der Waals surface area contributed by atoms with Crippen molar-refractivity contribution in [2.24, 2.45) is 5.84 Å².